The molecule has 1 aromatic carbocycles. The first-order chi connectivity index (χ1) is 10.2. The fourth-order valence-corrected chi connectivity index (χ4v) is 3.18. The molecule has 21 heavy (non-hydrogen) atoms. The fraction of sp³-hybridized carbons (Fsp3) is 0.600. The maximum Gasteiger partial charge on any atom is 0.148 e. The van der Waals surface area contributed by atoms with Gasteiger partial charge in [-0.2, -0.15) is 0 Å². The van der Waals surface area contributed by atoms with Crippen LogP contribution in [0, 0.1) is 5.82 Å². The number of morpholine rings is 1. The van der Waals surface area contributed by atoms with E-state index in [0.717, 1.165) is 45.8 Å². The minimum absolute atomic E-state index is 0.282. The largest absolute Gasteiger partial charge is 0.495 e. The molecule has 0 aliphatic carbocycles. The number of hydrogen-bond donors (Lipinski definition) is 1. The minimum Gasteiger partial charge on any atom is -0.495 e. The Bertz CT molecular complexity index is 506. The van der Waals surface area contributed by atoms with E-state index in [1.165, 1.54) is 6.07 Å². The number of nitrogens with two attached hydrogens (primary N) is 1. The average Bonchev–Trinajstić information content (AvgIpc) is 2.98. The number of nitrogen functional groups attached to an aromatic ring is 1. The quantitative estimate of drug-likeness (QED) is 0.853. The molecule has 3 rings (SSSR count). The average molecular weight is 295 g/mol. The molecule has 0 amide bonds. The van der Waals surface area contributed by atoms with E-state index in [1.54, 1.807) is 13.2 Å². The van der Waals surface area contributed by atoms with Crippen molar-refractivity contribution in [3.63, 3.8) is 0 Å². The topological polar surface area (TPSA) is 51.0 Å². The van der Waals surface area contributed by atoms with Crippen molar-refractivity contribution in [2.45, 2.75) is 12.5 Å². The van der Waals surface area contributed by atoms with Gasteiger partial charge in [0.05, 0.1) is 31.7 Å². The molecule has 0 aromatic heterocycles. The lowest BCUT2D eigenvalue weighted by atomic mass is 10.2. The highest BCUT2D eigenvalue weighted by atomic mass is 19.1. The van der Waals surface area contributed by atoms with Gasteiger partial charge in [0.25, 0.3) is 0 Å². The maximum atomic E-state index is 14.2. The van der Waals surface area contributed by atoms with E-state index in [4.69, 9.17) is 15.2 Å². The number of methoxy groups -OCH3 is 1. The number of rotatable bonds is 3. The SMILES string of the molecule is COc1cc(N2CCC(N3CCOCC3)C2)c(F)cc1N. The summed E-state index contributed by atoms with van der Waals surface area (Å²) in [5.74, 6) is 0.247. The van der Waals surface area contributed by atoms with Crippen LogP contribution in [0.25, 0.3) is 0 Å². The lowest BCUT2D eigenvalue weighted by Crippen LogP contribution is -2.44. The summed E-state index contributed by atoms with van der Waals surface area (Å²) in [5, 5.41) is 0. The van der Waals surface area contributed by atoms with Gasteiger partial charge in [0.2, 0.25) is 0 Å². The van der Waals surface area contributed by atoms with Crippen molar-refractivity contribution in [3.8, 4) is 5.75 Å². The van der Waals surface area contributed by atoms with E-state index in [2.05, 4.69) is 9.80 Å². The first kappa shape index (κ1) is 14.4. The van der Waals surface area contributed by atoms with E-state index < -0.39 is 0 Å². The molecular formula is C15H22FN3O2. The monoisotopic (exact) mass is 295 g/mol. The van der Waals surface area contributed by atoms with Crippen molar-refractivity contribution in [1.29, 1.82) is 0 Å². The zero-order valence-corrected chi connectivity index (χ0v) is 12.3. The first-order valence-electron chi connectivity index (χ1n) is 7.39. The Morgan fingerprint density at radius 1 is 1.29 bits per heavy atom. The third kappa shape index (κ3) is 2.91. The number of nitrogens with zero attached hydrogens (tertiary/aromatic N) is 2. The van der Waals surface area contributed by atoms with Crippen molar-refractivity contribution in [2.75, 3.05) is 57.1 Å². The van der Waals surface area contributed by atoms with Crippen LogP contribution in [0.3, 0.4) is 0 Å². The molecule has 6 heteroatoms. The molecule has 1 unspecified atom stereocenters. The van der Waals surface area contributed by atoms with Gasteiger partial charge >= 0.3 is 0 Å². The van der Waals surface area contributed by atoms with Crippen molar-refractivity contribution >= 4 is 11.4 Å². The van der Waals surface area contributed by atoms with Gasteiger partial charge in [-0.1, -0.05) is 0 Å². The molecule has 2 aliphatic heterocycles. The van der Waals surface area contributed by atoms with Gasteiger partial charge < -0.3 is 20.1 Å². The molecule has 0 bridgehead atoms. The number of hydrogen-bond acceptors (Lipinski definition) is 5. The molecular weight excluding hydrogens is 273 g/mol. The van der Waals surface area contributed by atoms with Crippen molar-refractivity contribution < 1.29 is 13.9 Å². The maximum absolute atomic E-state index is 14.2. The summed E-state index contributed by atoms with van der Waals surface area (Å²) in [5.41, 5.74) is 6.65. The second-order valence-electron chi connectivity index (χ2n) is 5.58. The Balaban J connectivity index is 1.73. The summed E-state index contributed by atoms with van der Waals surface area (Å²) in [6, 6.07) is 3.51. The molecule has 2 N–H and O–H groups in total. The summed E-state index contributed by atoms with van der Waals surface area (Å²) in [6.45, 7) is 5.20. The third-order valence-electron chi connectivity index (χ3n) is 4.37. The highest BCUT2D eigenvalue weighted by Crippen LogP contribution is 2.33. The number of ether oxygens (including phenoxy) is 2. The van der Waals surface area contributed by atoms with Crippen molar-refractivity contribution in [1.82, 2.24) is 4.90 Å². The first-order valence-corrected chi connectivity index (χ1v) is 7.39. The van der Waals surface area contributed by atoms with Crippen LogP contribution in [-0.4, -0.2) is 57.4 Å². The van der Waals surface area contributed by atoms with Crippen LogP contribution in [0.1, 0.15) is 6.42 Å². The molecule has 116 valence electrons. The highest BCUT2D eigenvalue weighted by Gasteiger charge is 2.30. The van der Waals surface area contributed by atoms with E-state index in [-0.39, 0.29) is 5.82 Å². The van der Waals surface area contributed by atoms with E-state index in [1.807, 2.05) is 0 Å². The molecule has 0 radical (unpaired) electrons. The second-order valence-corrected chi connectivity index (χ2v) is 5.58. The van der Waals surface area contributed by atoms with Gasteiger partial charge in [-0.3, -0.25) is 4.90 Å². The Morgan fingerprint density at radius 2 is 2.05 bits per heavy atom. The molecule has 5 nitrogen and oxygen atoms in total. The van der Waals surface area contributed by atoms with Crippen LogP contribution in [0.4, 0.5) is 15.8 Å². The Hall–Kier alpha value is -1.53. The molecule has 0 saturated carbocycles. The van der Waals surface area contributed by atoms with E-state index in [0.29, 0.717) is 23.2 Å². The van der Waals surface area contributed by atoms with Gasteiger partial charge in [-0.05, 0) is 6.42 Å². The van der Waals surface area contributed by atoms with Crippen LogP contribution >= 0.6 is 0 Å². The highest BCUT2D eigenvalue weighted by molar-refractivity contribution is 5.63. The van der Waals surface area contributed by atoms with Crippen LogP contribution in [0.5, 0.6) is 5.75 Å². The Labute approximate surface area is 124 Å². The molecule has 0 spiro atoms. The third-order valence-corrected chi connectivity index (χ3v) is 4.37. The van der Waals surface area contributed by atoms with Gasteiger partial charge in [0.15, 0.2) is 0 Å². The molecule has 2 saturated heterocycles. The molecule has 2 heterocycles. The summed E-state index contributed by atoms with van der Waals surface area (Å²) in [4.78, 5) is 4.52. The minimum atomic E-state index is -0.282. The summed E-state index contributed by atoms with van der Waals surface area (Å²) in [7, 11) is 1.55. The van der Waals surface area contributed by atoms with Crippen LogP contribution in [0.2, 0.25) is 0 Å². The number of halogens is 1. The molecule has 1 aromatic rings. The zero-order valence-electron chi connectivity index (χ0n) is 12.3. The van der Waals surface area contributed by atoms with Gasteiger partial charge in [0.1, 0.15) is 11.6 Å². The van der Waals surface area contributed by atoms with Crippen LogP contribution < -0.4 is 15.4 Å². The van der Waals surface area contributed by atoms with E-state index >= 15 is 0 Å². The number of anilines is 2. The standard InChI is InChI=1S/C15H22FN3O2/c1-20-15-9-14(12(16)8-13(15)17)19-3-2-11(10-19)18-4-6-21-7-5-18/h8-9,11H,2-7,10,17H2,1H3. The van der Waals surface area contributed by atoms with Crippen molar-refractivity contribution in [2.24, 2.45) is 0 Å². The van der Waals surface area contributed by atoms with Crippen LogP contribution in [-0.2, 0) is 4.74 Å². The Morgan fingerprint density at radius 3 is 2.76 bits per heavy atom. The Kier molecular flexibility index (Phi) is 4.17. The summed E-state index contributed by atoms with van der Waals surface area (Å²) in [6.07, 6.45) is 1.05. The molecule has 2 fully saturated rings. The van der Waals surface area contributed by atoms with Crippen LogP contribution in [0.15, 0.2) is 12.1 Å². The zero-order chi connectivity index (χ0) is 14.8. The predicted octanol–water partition coefficient (Wildman–Crippen LogP) is 1.33. The second kappa shape index (κ2) is 6.07. The van der Waals surface area contributed by atoms with Gasteiger partial charge in [-0.25, -0.2) is 4.39 Å². The summed E-state index contributed by atoms with van der Waals surface area (Å²) < 4.78 is 24.8. The van der Waals surface area contributed by atoms with Crippen molar-refractivity contribution in [3.05, 3.63) is 17.9 Å². The lowest BCUT2D eigenvalue weighted by Gasteiger charge is -2.32. The molecule has 1 atom stereocenters. The smallest absolute Gasteiger partial charge is 0.148 e. The van der Waals surface area contributed by atoms with Gasteiger partial charge in [-0.15, -0.1) is 0 Å². The normalized spacial score (nSPS) is 23.5. The summed E-state index contributed by atoms with van der Waals surface area (Å²) >= 11 is 0. The molecule has 2 aliphatic rings. The van der Waals surface area contributed by atoms with E-state index in [9.17, 15) is 4.39 Å². The predicted molar refractivity (Wildman–Crippen MR) is 80.4 cm³/mol. The fourth-order valence-electron chi connectivity index (χ4n) is 3.18. The lowest BCUT2D eigenvalue weighted by molar-refractivity contribution is 0.0209. The number of benzene rings is 1. The van der Waals surface area contributed by atoms with Gasteiger partial charge in [0, 0.05) is 44.4 Å².